The molecular weight excluding hydrogens is 270 g/mol. The van der Waals surface area contributed by atoms with Crippen molar-refractivity contribution in [2.45, 2.75) is 13.0 Å². The largest absolute Gasteiger partial charge is 0.355 e. The molecule has 2 aromatic rings. The van der Waals surface area contributed by atoms with E-state index in [0.717, 1.165) is 34.7 Å². The predicted octanol–water partition coefficient (Wildman–Crippen LogP) is 2.44. The number of piperidine rings is 1. The van der Waals surface area contributed by atoms with Crippen LogP contribution in [0.5, 0.6) is 0 Å². The second kappa shape index (κ2) is 5.31. The first-order valence-corrected chi connectivity index (χ1v) is 8.19. The number of aromatic nitrogens is 1. The van der Waals surface area contributed by atoms with Gasteiger partial charge < -0.3 is 9.84 Å². The van der Waals surface area contributed by atoms with Gasteiger partial charge in [-0.3, -0.25) is 4.90 Å². The van der Waals surface area contributed by atoms with Gasteiger partial charge in [-0.25, -0.2) is 0 Å². The quantitative estimate of drug-likeness (QED) is 0.942. The smallest absolute Gasteiger partial charge is 0.177 e. The summed E-state index contributed by atoms with van der Waals surface area (Å²) in [6, 6.07) is 6.20. The second-order valence-corrected chi connectivity index (χ2v) is 6.81. The molecule has 4 heterocycles. The summed E-state index contributed by atoms with van der Waals surface area (Å²) in [6.07, 6.45) is 1.31. The molecule has 5 heteroatoms. The topological polar surface area (TPSA) is 41.3 Å². The molecule has 4 rings (SSSR count). The normalized spacial score (nSPS) is 26.8. The van der Waals surface area contributed by atoms with Crippen LogP contribution in [0.3, 0.4) is 0 Å². The third-order valence-corrected chi connectivity index (χ3v) is 5.38. The molecule has 0 aromatic carbocycles. The van der Waals surface area contributed by atoms with E-state index < -0.39 is 0 Å². The minimum Gasteiger partial charge on any atom is -0.355 e. The molecule has 2 aliphatic rings. The average Bonchev–Trinajstić information content (AvgIpc) is 3.19. The minimum atomic E-state index is 0.826. The molecule has 0 bridgehead atoms. The van der Waals surface area contributed by atoms with Crippen LogP contribution in [0.4, 0.5) is 0 Å². The van der Waals surface area contributed by atoms with E-state index in [1.54, 1.807) is 11.3 Å². The van der Waals surface area contributed by atoms with Crippen molar-refractivity contribution < 1.29 is 4.52 Å². The van der Waals surface area contributed by atoms with Gasteiger partial charge in [0.2, 0.25) is 0 Å². The van der Waals surface area contributed by atoms with Gasteiger partial charge in [0.1, 0.15) is 0 Å². The molecule has 20 heavy (non-hydrogen) atoms. The Balaban J connectivity index is 1.42. The van der Waals surface area contributed by atoms with Gasteiger partial charge in [-0.2, -0.15) is 0 Å². The summed E-state index contributed by atoms with van der Waals surface area (Å²) in [7, 11) is 0. The van der Waals surface area contributed by atoms with E-state index in [2.05, 4.69) is 32.9 Å². The SMILES string of the molecule is c1csc(-c2cc(CN3CCC4CNCC4C3)no2)c1. The monoisotopic (exact) mass is 289 g/mol. The first-order chi connectivity index (χ1) is 9.88. The molecule has 0 saturated carbocycles. The molecule has 2 aromatic heterocycles. The van der Waals surface area contributed by atoms with Crippen LogP contribution >= 0.6 is 11.3 Å². The van der Waals surface area contributed by atoms with Gasteiger partial charge in [-0.1, -0.05) is 11.2 Å². The highest BCUT2D eigenvalue weighted by Crippen LogP contribution is 2.29. The van der Waals surface area contributed by atoms with Gasteiger partial charge in [0.15, 0.2) is 5.76 Å². The fourth-order valence-electron chi connectivity index (χ4n) is 3.40. The van der Waals surface area contributed by atoms with E-state index in [0.29, 0.717) is 0 Å². The van der Waals surface area contributed by atoms with Crippen molar-refractivity contribution in [3.05, 3.63) is 29.3 Å². The number of hydrogen-bond acceptors (Lipinski definition) is 5. The fraction of sp³-hybridized carbons (Fsp3) is 0.533. The zero-order chi connectivity index (χ0) is 13.4. The van der Waals surface area contributed by atoms with Crippen LogP contribution in [0, 0.1) is 11.8 Å². The van der Waals surface area contributed by atoms with Gasteiger partial charge in [-0.15, -0.1) is 11.3 Å². The average molecular weight is 289 g/mol. The maximum Gasteiger partial charge on any atom is 0.177 e. The lowest BCUT2D eigenvalue weighted by atomic mass is 9.89. The van der Waals surface area contributed by atoms with E-state index in [4.69, 9.17) is 4.52 Å². The lowest BCUT2D eigenvalue weighted by molar-refractivity contribution is 0.139. The summed E-state index contributed by atoms with van der Waals surface area (Å²) in [6.45, 7) is 5.69. The first kappa shape index (κ1) is 12.6. The maximum absolute atomic E-state index is 5.46. The number of fused-ring (bicyclic) bond motifs is 1. The fourth-order valence-corrected chi connectivity index (χ4v) is 4.08. The van der Waals surface area contributed by atoms with E-state index in [-0.39, 0.29) is 0 Å². The summed E-state index contributed by atoms with van der Waals surface area (Å²) in [5.74, 6) is 2.62. The molecule has 1 N–H and O–H groups in total. The van der Waals surface area contributed by atoms with Gasteiger partial charge in [0.05, 0.1) is 10.6 Å². The number of nitrogens with zero attached hydrogens (tertiary/aromatic N) is 2. The molecule has 2 fully saturated rings. The Morgan fingerprint density at radius 3 is 3.25 bits per heavy atom. The van der Waals surface area contributed by atoms with E-state index in [1.807, 2.05) is 6.07 Å². The van der Waals surface area contributed by atoms with Crippen LogP contribution in [-0.2, 0) is 6.54 Å². The van der Waals surface area contributed by atoms with E-state index >= 15 is 0 Å². The molecule has 2 unspecified atom stereocenters. The van der Waals surface area contributed by atoms with E-state index in [1.165, 1.54) is 32.6 Å². The summed E-state index contributed by atoms with van der Waals surface area (Å²) in [5, 5.41) is 9.80. The van der Waals surface area contributed by atoms with Crippen molar-refractivity contribution in [3.8, 4) is 10.6 Å². The number of likely N-dealkylation sites (tertiary alicyclic amines) is 1. The molecule has 0 aliphatic carbocycles. The van der Waals surface area contributed by atoms with Crippen LogP contribution in [0.25, 0.3) is 10.6 Å². The van der Waals surface area contributed by atoms with Crippen molar-refractivity contribution in [2.24, 2.45) is 11.8 Å². The van der Waals surface area contributed by atoms with Crippen LogP contribution < -0.4 is 5.32 Å². The molecule has 2 aliphatic heterocycles. The first-order valence-electron chi connectivity index (χ1n) is 7.31. The van der Waals surface area contributed by atoms with Gasteiger partial charge >= 0.3 is 0 Å². The Morgan fingerprint density at radius 2 is 2.35 bits per heavy atom. The van der Waals surface area contributed by atoms with Crippen LogP contribution in [0.15, 0.2) is 28.1 Å². The highest BCUT2D eigenvalue weighted by atomic mass is 32.1. The van der Waals surface area contributed by atoms with Crippen molar-refractivity contribution in [2.75, 3.05) is 26.2 Å². The summed E-state index contributed by atoms with van der Waals surface area (Å²) >= 11 is 1.69. The van der Waals surface area contributed by atoms with Crippen molar-refractivity contribution in [1.29, 1.82) is 0 Å². The summed E-state index contributed by atoms with van der Waals surface area (Å²) in [4.78, 5) is 3.67. The standard InChI is InChI=1S/C15H19N3OS/c1-2-15(20-5-1)14-6-13(17-19-14)10-18-4-3-11-7-16-8-12(11)9-18/h1-2,5-6,11-12,16H,3-4,7-10H2. The van der Waals surface area contributed by atoms with Gasteiger partial charge in [0, 0.05) is 19.2 Å². The van der Waals surface area contributed by atoms with Crippen LogP contribution in [-0.4, -0.2) is 36.2 Å². The number of thiophene rings is 1. The summed E-state index contributed by atoms with van der Waals surface area (Å²) < 4.78 is 5.46. The Bertz CT molecular complexity index is 565. The molecule has 2 atom stereocenters. The van der Waals surface area contributed by atoms with Crippen LogP contribution in [0.1, 0.15) is 12.1 Å². The lowest BCUT2D eigenvalue weighted by Crippen LogP contribution is -2.39. The zero-order valence-corrected chi connectivity index (χ0v) is 12.2. The molecule has 2 saturated heterocycles. The molecular formula is C15H19N3OS. The second-order valence-electron chi connectivity index (χ2n) is 5.86. The van der Waals surface area contributed by atoms with Crippen molar-refractivity contribution >= 4 is 11.3 Å². The lowest BCUT2D eigenvalue weighted by Gasteiger charge is -2.33. The Labute approximate surface area is 122 Å². The van der Waals surface area contributed by atoms with Gasteiger partial charge in [-0.05, 0) is 49.3 Å². The Hall–Kier alpha value is -1.17. The number of nitrogens with one attached hydrogen (secondary N) is 1. The Kier molecular flexibility index (Phi) is 3.34. The zero-order valence-electron chi connectivity index (χ0n) is 11.4. The van der Waals surface area contributed by atoms with Crippen LogP contribution in [0.2, 0.25) is 0 Å². The number of rotatable bonds is 3. The van der Waals surface area contributed by atoms with E-state index in [9.17, 15) is 0 Å². The molecule has 0 spiro atoms. The molecule has 4 nitrogen and oxygen atoms in total. The molecule has 106 valence electrons. The van der Waals surface area contributed by atoms with Gasteiger partial charge in [0.25, 0.3) is 0 Å². The minimum absolute atomic E-state index is 0.826. The summed E-state index contributed by atoms with van der Waals surface area (Å²) in [5.41, 5.74) is 1.05. The van der Waals surface area contributed by atoms with Crippen molar-refractivity contribution in [3.63, 3.8) is 0 Å². The number of hydrogen-bond donors (Lipinski definition) is 1. The third kappa shape index (κ3) is 2.41. The third-order valence-electron chi connectivity index (χ3n) is 4.50. The molecule has 0 radical (unpaired) electrons. The maximum atomic E-state index is 5.46. The predicted molar refractivity (Wildman–Crippen MR) is 79.6 cm³/mol. The highest BCUT2D eigenvalue weighted by molar-refractivity contribution is 7.13. The highest BCUT2D eigenvalue weighted by Gasteiger charge is 2.32. The Morgan fingerprint density at radius 1 is 1.40 bits per heavy atom. The van der Waals surface area contributed by atoms with Crippen molar-refractivity contribution in [1.82, 2.24) is 15.4 Å². The molecule has 0 amide bonds.